The Morgan fingerprint density at radius 2 is 1.79 bits per heavy atom. The van der Waals surface area contributed by atoms with Crippen LogP contribution in [0.15, 0.2) is 47.7 Å². The van der Waals surface area contributed by atoms with Crippen molar-refractivity contribution in [3.05, 3.63) is 48.3 Å². The van der Waals surface area contributed by atoms with E-state index in [4.69, 9.17) is 4.74 Å². The molecule has 0 atom stereocenters. The first-order valence-electron chi connectivity index (χ1n) is 9.93. The zero-order valence-electron chi connectivity index (χ0n) is 16.8. The van der Waals surface area contributed by atoms with Crippen molar-refractivity contribution in [2.45, 2.75) is 19.8 Å². The van der Waals surface area contributed by atoms with Gasteiger partial charge in [-0.25, -0.2) is 9.97 Å². The van der Waals surface area contributed by atoms with E-state index in [-0.39, 0.29) is 0 Å². The lowest BCUT2D eigenvalue weighted by atomic mass is 10.2. The second kappa shape index (κ2) is 10.5. The molecule has 7 heteroatoms. The number of ether oxygens (including phenoxy) is 1. The van der Waals surface area contributed by atoms with Gasteiger partial charge in [-0.1, -0.05) is 17.7 Å². The van der Waals surface area contributed by atoms with Crippen LogP contribution in [-0.4, -0.2) is 67.2 Å². The summed E-state index contributed by atoms with van der Waals surface area (Å²) in [4.78, 5) is 17.6. The van der Waals surface area contributed by atoms with Gasteiger partial charge in [0.1, 0.15) is 5.75 Å². The maximum absolute atomic E-state index is 5.78. The third-order valence-corrected chi connectivity index (χ3v) is 4.77. The van der Waals surface area contributed by atoms with Crippen LogP contribution >= 0.6 is 0 Å². The zero-order chi connectivity index (χ0) is 19.6. The Morgan fingerprint density at radius 3 is 2.46 bits per heavy atom. The molecule has 1 N–H and O–H groups in total. The summed E-state index contributed by atoms with van der Waals surface area (Å²) in [5.41, 5.74) is 1.25. The first-order valence-corrected chi connectivity index (χ1v) is 9.93. The normalized spacial score (nSPS) is 14.9. The Labute approximate surface area is 167 Å². The zero-order valence-corrected chi connectivity index (χ0v) is 16.8. The minimum absolute atomic E-state index is 0.735. The predicted molar refractivity (Wildman–Crippen MR) is 113 cm³/mol. The summed E-state index contributed by atoms with van der Waals surface area (Å²) < 4.78 is 5.78. The van der Waals surface area contributed by atoms with Crippen LogP contribution in [0.25, 0.3) is 0 Å². The Balaban J connectivity index is 1.32. The van der Waals surface area contributed by atoms with E-state index in [1.54, 1.807) is 12.4 Å². The second-order valence-electron chi connectivity index (χ2n) is 6.87. The van der Waals surface area contributed by atoms with Crippen LogP contribution in [0.2, 0.25) is 0 Å². The average Bonchev–Trinajstić information content (AvgIpc) is 2.75. The van der Waals surface area contributed by atoms with Crippen molar-refractivity contribution < 1.29 is 4.74 Å². The summed E-state index contributed by atoms with van der Waals surface area (Å²) in [5.74, 6) is 2.71. The molecule has 1 aromatic heterocycles. The van der Waals surface area contributed by atoms with Crippen LogP contribution < -0.4 is 15.0 Å². The number of anilines is 1. The molecule has 0 amide bonds. The number of nitrogens with zero attached hydrogens (tertiary/aromatic N) is 5. The molecule has 2 heterocycles. The summed E-state index contributed by atoms with van der Waals surface area (Å²) in [5, 5.41) is 3.47. The molecule has 1 aliphatic heterocycles. The third-order valence-electron chi connectivity index (χ3n) is 4.77. The monoisotopic (exact) mass is 382 g/mol. The average molecular weight is 383 g/mol. The van der Waals surface area contributed by atoms with Gasteiger partial charge < -0.3 is 19.9 Å². The minimum Gasteiger partial charge on any atom is -0.494 e. The largest absolute Gasteiger partial charge is 0.494 e. The Morgan fingerprint density at radius 1 is 1.07 bits per heavy atom. The highest BCUT2D eigenvalue weighted by molar-refractivity contribution is 5.80. The highest BCUT2D eigenvalue weighted by atomic mass is 16.5. The lowest BCUT2D eigenvalue weighted by molar-refractivity contribution is 0.306. The molecule has 0 aliphatic carbocycles. The summed E-state index contributed by atoms with van der Waals surface area (Å²) in [7, 11) is 1.84. The van der Waals surface area contributed by atoms with Crippen LogP contribution in [0, 0.1) is 6.92 Å². The summed E-state index contributed by atoms with van der Waals surface area (Å²) in [6.45, 7) is 7.33. The number of aryl methyl sites for hydroxylation is 1. The van der Waals surface area contributed by atoms with Gasteiger partial charge in [0.25, 0.3) is 0 Å². The van der Waals surface area contributed by atoms with Crippen molar-refractivity contribution in [2.24, 2.45) is 4.99 Å². The molecule has 0 unspecified atom stereocenters. The predicted octanol–water partition coefficient (Wildman–Crippen LogP) is 2.34. The van der Waals surface area contributed by atoms with Crippen molar-refractivity contribution >= 4 is 11.9 Å². The SMILES string of the molecule is CN=C(NCCCCOc1ccc(C)cc1)N1CCN(c2ncccn2)CC1. The van der Waals surface area contributed by atoms with Crippen molar-refractivity contribution in [1.82, 2.24) is 20.2 Å². The van der Waals surface area contributed by atoms with Crippen molar-refractivity contribution in [3.8, 4) is 5.75 Å². The summed E-state index contributed by atoms with van der Waals surface area (Å²) in [6, 6.07) is 10.0. The van der Waals surface area contributed by atoms with Crippen LogP contribution in [0.4, 0.5) is 5.95 Å². The van der Waals surface area contributed by atoms with Gasteiger partial charge >= 0.3 is 0 Å². The number of nitrogens with one attached hydrogen (secondary N) is 1. The van der Waals surface area contributed by atoms with Crippen LogP contribution in [0.1, 0.15) is 18.4 Å². The van der Waals surface area contributed by atoms with E-state index in [1.165, 1.54) is 5.56 Å². The van der Waals surface area contributed by atoms with Crippen molar-refractivity contribution in [2.75, 3.05) is 51.3 Å². The minimum atomic E-state index is 0.735. The molecule has 1 saturated heterocycles. The molecule has 150 valence electrons. The first-order chi connectivity index (χ1) is 13.8. The molecule has 0 spiro atoms. The van der Waals surface area contributed by atoms with Gasteiger partial charge in [0, 0.05) is 52.2 Å². The van der Waals surface area contributed by atoms with Crippen LogP contribution in [-0.2, 0) is 0 Å². The molecular weight excluding hydrogens is 352 g/mol. The van der Waals surface area contributed by atoms with E-state index in [9.17, 15) is 0 Å². The molecule has 0 saturated carbocycles. The number of unbranched alkanes of at least 4 members (excludes halogenated alkanes) is 1. The third kappa shape index (κ3) is 5.84. The number of hydrogen-bond acceptors (Lipinski definition) is 5. The molecule has 3 rings (SSSR count). The topological polar surface area (TPSA) is 65.9 Å². The van der Waals surface area contributed by atoms with E-state index in [0.29, 0.717) is 0 Å². The molecule has 1 aliphatic rings. The molecule has 7 nitrogen and oxygen atoms in total. The van der Waals surface area contributed by atoms with E-state index < -0.39 is 0 Å². The van der Waals surface area contributed by atoms with Crippen molar-refractivity contribution in [3.63, 3.8) is 0 Å². The fourth-order valence-electron chi connectivity index (χ4n) is 3.16. The van der Waals surface area contributed by atoms with Gasteiger partial charge in [-0.2, -0.15) is 0 Å². The molecular formula is C21H30N6O. The molecule has 1 aromatic carbocycles. The fraction of sp³-hybridized carbons (Fsp3) is 0.476. The lowest BCUT2D eigenvalue weighted by Crippen LogP contribution is -2.53. The second-order valence-corrected chi connectivity index (χ2v) is 6.87. The molecule has 1 fully saturated rings. The molecule has 0 radical (unpaired) electrons. The van der Waals surface area contributed by atoms with E-state index in [1.807, 2.05) is 25.2 Å². The van der Waals surface area contributed by atoms with Gasteiger partial charge in [0.15, 0.2) is 5.96 Å². The molecule has 28 heavy (non-hydrogen) atoms. The number of guanidine groups is 1. The maximum atomic E-state index is 5.78. The van der Waals surface area contributed by atoms with Crippen LogP contribution in [0.3, 0.4) is 0 Å². The Bertz CT molecular complexity index is 726. The Kier molecular flexibility index (Phi) is 7.46. The van der Waals surface area contributed by atoms with Crippen molar-refractivity contribution in [1.29, 1.82) is 0 Å². The van der Waals surface area contributed by atoms with Gasteiger partial charge in [0.2, 0.25) is 5.95 Å². The number of aliphatic imine (C=N–C) groups is 1. The van der Waals surface area contributed by atoms with E-state index >= 15 is 0 Å². The summed E-state index contributed by atoms with van der Waals surface area (Å²) in [6.07, 6.45) is 5.63. The van der Waals surface area contributed by atoms with E-state index in [2.05, 4.69) is 49.1 Å². The Hall–Kier alpha value is -2.83. The van der Waals surface area contributed by atoms with E-state index in [0.717, 1.165) is 69.8 Å². The fourth-order valence-corrected chi connectivity index (χ4v) is 3.16. The number of rotatable bonds is 7. The summed E-state index contributed by atoms with van der Waals surface area (Å²) >= 11 is 0. The van der Waals surface area contributed by atoms with Gasteiger partial charge in [-0.3, -0.25) is 4.99 Å². The first kappa shape index (κ1) is 19.9. The standard InChI is InChI=1S/C21H30N6O/c1-18-6-8-19(9-7-18)28-17-4-3-10-23-20(22-2)26-13-15-27(16-14-26)21-24-11-5-12-25-21/h5-9,11-12H,3-4,10,13-17H2,1-2H3,(H,22,23). The number of aromatic nitrogens is 2. The number of piperazine rings is 1. The number of hydrogen-bond donors (Lipinski definition) is 1. The lowest BCUT2D eigenvalue weighted by Gasteiger charge is -2.36. The van der Waals surface area contributed by atoms with Gasteiger partial charge in [0.05, 0.1) is 6.61 Å². The van der Waals surface area contributed by atoms with Gasteiger partial charge in [-0.05, 0) is 38.0 Å². The highest BCUT2D eigenvalue weighted by Gasteiger charge is 2.20. The maximum Gasteiger partial charge on any atom is 0.225 e. The highest BCUT2D eigenvalue weighted by Crippen LogP contribution is 2.12. The number of benzene rings is 1. The molecule has 2 aromatic rings. The molecule has 0 bridgehead atoms. The smallest absolute Gasteiger partial charge is 0.225 e. The quantitative estimate of drug-likeness (QED) is 0.450. The van der Waals surface area contributed by atoms with Gasteiger partial charge in [-0.15, -0.1) is 0 Å². The van der Waals surface area contributed by atoms with Crippen LogP contribution in [0.5, 0.6) is 5.75 Å².